The predicted molar refractivity (Wildman–Crippen MR) is 93.7 cm³/mol. The summed E-state index contributed by atoms with van der Waals surface area (Å²) in [6.07, 6.45) is 5.11. The van der Waals surface area contributed by atoms with Gasteiger partial charge in [0.25, 0.3) is 0 Å². The highest BCUT2D eigenvalue weighted by atomic mass is 32.1. The van der Waals surface area contributed by atoms with E-state index in [0.29, 0.717) is 0 Å². The average molecular weight is 305 g/mol. The van der Waals surface area contributed by atoms with Crippen LogP contribution < -0.4 is 5.32 Å². The number of piperidine rings is 1. The van der Waals surface area contributed by atoms with Crippen LogP contribution in [-0.2, 0) is 6.42 Å². The van der Waals surface area contributed by atoms with Gasteiger partial charge in [0.1, 0.15) is 0 Å². The molecule has 0 aliphatic carbocycles. The molecule has 1 aromatic rings. The molecule has 2 rings (SSSR count). The molecule has 21 heavy (non-hydrogen) atoms. The fraction of sp³-hybridized carbons (Fsp3) is 0.588. The van der Waals surface area contributed by atoms with E-state index in [4.69, 9.17) is 12.2 Å². The third-order valence-corrected chi connectivity index (χ3v) is 4.54. The van der Waals surface area contributed by atoms with Gasteiger partial charge >= 0.3 is 0 Å². The molecule has 1 aliphatic heterocycles. The zero-order valence-electron chi connectivity index (χ0n) is 13.1. The summed E-state index contributed by atoms with van der Waals surface area (Å²) >= 11 is 5.46. The van der Waals surface area contributed by atoms with Crippen LogP contribution in [0, 0.1) is 0 Å². The lowest BCUT2D eigenvalue weighted by Crippen LogP contribution is -2.43. The number of hydrogen-bond donors (Lipinski definition) is 1. The second-order valence-corrected chi connectivity index (χ2v) is 6.18. The molecule has 0 amide bonds. The fourth-order valence-electron chi connectivity index (χ4n) is 2.67. The Bertz CT molecular complexity index is 415. The summed E-state index contributed by atoms with van der Waals surface area (Å²) in [6, 6.07) is 10.5. The van der Waals surface area contributed by atoms with E-state index < -0.39 is 0 Å². The molecule has 116 valence electrons. The summed E-state index contributed by atoms with van der Waals surface area (Å²) in [7, 11) is 2.09. The van der Waals surface area contributed by atoms with Gasteiger partial charge in [0.15, 0.2) is 5.11 Å². The smallest absolute Gasteiger partial charge is 0.168 e. The van der Waals surface area contributed by atoms with Crippen LogP contribution in [0.3, 0.4) is 0 Å². The van der Waals surface area contributed by atoms with Crippen molar-refractivity contribution in [2.45, 2.75) is 25.7 Å². The molecule has 0 saturated carbocycles. The van der Waals surface area contributed by atoms with Crippen LogP contribution in [0.5, 0.6) is 0 Å². The number of nitrogens with one attached hydrogen (secondary N) is 1. The SMILES string of the molecule is CN(CCN1CCCCC1)C(=S)NCCc1ccccc1. The molecule has 0 radical (unpaired) electrons. The maximum absolute atomic E-state index is 5.46. The summed E-state index contributed by atoms with van der Waals surface area (Å²) in [5.41, 5.74) is 1.35. The second-order valence-electron chi connectivity index (χ2n) is 5.79. The van der Waals surface area contributed by atoms with E-state index in [2.05, 4.69) is 52.5 Å². The number of thiocarbonyl (C=S) groups is 1. The third-order valence-electron chi connectivity index (χ3n) is 4.08. The Hall–Kier alpha value is -1.13. The number of likely N-dealkylation sites (tertiary alicyclic amines) is 1. The minimum atomic E-state index is 0.864. The highest BCUT2D eigenvalue weighted by Gasteiger charge is 2.11. The molecule has 3 nitrogen and oxygen atoms in total. The zero-order chi connectivity index (χ0) is 14.9. The van der Waals surface area contributed by atoms with E-state index in [-0.39, 0.29) is 0 Å². The quantitative estimate of drug-likeness (QED) is 0.814. The van der Waals surface area contributed by atoms with Crippen molar-refractivity contribution in [3.63, 3.8) is 0 Å². The van der Waals surface area contributed by atoms with Crippen LogP contribution >= 0.6 is 12.2 Å². The van der Waals surface area contributed by atoms with Crippen molar-refractivity contribution in [2.75, 3.05) is 39.8 Å². The summed E-state index contributed by atoms with van der Waals surface area (Å²) in [5.74, 6) is 0. The fourth-order valence-corrected chi connectivity index (χ4v) is 2.86. The summed E-state index contributed by atoms with van der Waals surface area (Å²) in [5, 5.41) is 4.22. The van der Waals surface area contributed by atoms with Gasteiger partial charge in [0, 0.05) is 26.7 Å². The molecule has 1 fully saturated rings. The maximum Gasteiger partial charge on any atom is 0.168 e. The van der Waals surface area contributed by atoms with Crippen molar-refractivity contribution in [3.8, 4) is 0 Å². The number of rotatable bonds is 6. The summed E-state index contributed by atoms with van der Waals surface area (Å²) in [6.45, 7) is 5.54. The van der Waals surface area contributed by atoms with Gasteiger partial charge in [-0.05, 0) is 50.1 Å². The molecular formula is C17H27N3S. The van der Waals surface area contributed by atoms with Crippen molar-refractivity contribution in [3.05, 3.63) is 35.9 Å². The van der Waals surface area contributed by atoms with Gasteiger partial charge in [-0.3, -0.25) is 0 Å². The molecule has 0 spiro atoms. The Morgan fingerprint density at radius 2 is 1.90 bits per heavy atom. The normalized spacial score (nSPS) is 15.7. The zero-order valence-corrected chi connectivity index (χ0v) is 13.9. The van der Waals surface area contributed by atoms with Crippen molar-refractivity contribution in [1.29, 1.82) is 0 Å². The van der Waals surface area contributed by atoms with Crippen LogP contribution in [0.4, 0.5) is 0 Å². The van der Waals surface area contributed by atoms with Crippen molar-refractivity contribution < 1.29 is 0 Å². The highest BCUT2D eigenvalue weighted by Crippen LogP contribution is 2.07. The first-order valence-corrected chi connectivity index (χ1v) is 8.42. The van der Waals surface area contributed by atoms with E-state index in [1.807, 2.05) is 0 Å². The van der Waals surface area contributed by atoms with E-state index in [1.54, 1.807) is 0 Å². The Morgan fingerprint density at radius 1 is 1.19 bits per heavy atom. The molecule has 0 unspecified atom stereocenters. The van der Waals surface area contributed by atoms with Crippen LogP contribution in [-0.4, -0.2) is 54.7 Å². The second kappa shape index (κ2) is 9.00. The first-order valence-electron chi connectivity index (χ1n) is 8.01. The molecular weight excluding hydrogens is 278 g/mol. The summed E-state index contributed by atoms with van der Waals surface area (Å²) < 4.78 is 0. The van der Waals surface area contributed by atoms with E-state index >= 15 is 0 Å². The number of benzene rings is 1. The molecule has 0 bridgehead atoms. The van der Waals surface area contributed by atoms with E-state index in [1.165, 1.54) is 37.9 Å². The topological polar surface area (TPSA) is 18.5 Å². The first kappa shape index (κ1) is 16.2. The Morgan fingerprint density at radius 3 is 2.62 bits per heavy atom. The standard InChI is InChI=1S/C17H27N3S/c1-19(14-15-20-12-6-3-7-13-20)17(21)18-11-10-16-8-4-2-5-9-16/h2,4-5,8-9H,3,6-7,10-15H2,1H3,(H,18,21). The highest BCUT2D eigenvalue weighted by molar-refractivity contribution is 7.80. The van der Waals surface area contributed by atoms with Crippen molar-refractivity contribution in [1.82, 2.24) is 15.1 Å². The molecule has 0 aromatic heterocycles. The number of hydrogen-bond acceptors (Lipinski definition) is 2. The van der Waals surface area contributed by atoms with Gasteiger partial charge in [-0.1, -0.05) is 36.8 Å². The maximum atomic E-state index is 5.46. The Labute approximate surface area is 134 Å². The largest absolute Gasteiger partial charge is 0.362 e. The van der Waals surface area contributed by atoms with E-state index in [9.17, 15) is 0 Å². The van der Waals surface area contributed by atoms with Crippen molar-refractivity contribution >= 4 is 17.3 Å². The lowest BCUT2D eigenvalue weighted by Gasteiger charge is -2.29. The predicted octanol–water partition coefficient (Wildman–Crippen LogP) is 2.52. The van der Waals surface area contributed by atoms with Gasteiger partial charge in [0.2, 0.25) is 0 Å². The van der Waals surface area contributed by atoms with Crippen LogP contribution in [0.25, 0.3) is 0 Å². The minimum Gasteiger partial charge on any atom is -0.362 e. The molecule has 1 aromatic carbocycles. The Balaban J connectivity index is 1.60. The molecule has 4 heteroatoms. The van der Waals surface area contributed by atoms with Crippen LogP contribution in [0.2, 0.25) is 0 Å². The number of nitrogens with zero attached hydrogens (tertiary/aromatic N) is 2. The van der Waals surface area contributed by atoms with Gasteiger partial charge in [-0.15, -0.1) is 0 Å². The van der Waals surface area contributed by atoms with Gasteiger partial charge < -0.3 is 15.1 Å². The molecule has 1 N–H and O–H groups in total. The van der Waals surface area contributed by atoms with Gasteiger partial charge in [-0.25, -0.2) is 0 Å². The van der Waals surface area contributed by atoms with Crippen molar-refractivity contribution in [2.24, 2.45) is 0 Å². The Kier molecular flexibility index (Phi) is 6.96. The van der Waals surface area contributed by atoms with Crippen LogP contribution in [0.15, 0.2) is 30.3 Å². The molecule has 0 atom stereocenters. The molecule has 1 saturated heterocycles. The van der Waals surface area contributed by atoms with Gasteiger partial charge in [0.05, 0.1) is 0 Å². The molecule has 1 aliphatic rings. The lowest BCUT2D eigenvalue weighted by atomic mass is 10.1. The van der Waals surface area contributed by atoms with Gasteiger partial charge in [-0.2, -0.15) is 0 Å². The first-order chi connectivity index (χ1) is 10.3. The van der Waals surface area contributed by atoms with E-state index in [0.717, 1.165) is 31.2 Å². The number of likely N-dealkylation sites (N-methyl/N-ethyl adjacent to an activating group) is 1. The minimum absolute atomic E-state index is 0.864. The third kappa shape index (κ3) is 6.02. The monoisotopic (exact) mass is 305 g/mol. The van der Waals surface area contributed by atoms with Crippen LogP contribution in [0.1, 0.15) is 24.8 Å². The lowest BCUT2D eigenvalue weighted by molar-refractivity contribution is 0.216. The summed E-state index contributed by atoms with van der Waals surface area (Å²) in [4.78, 5) is 4.71. The molecule has 1 heterocycles. The average Bonchev–Trinajstić information content (AvgIpc) is 2.54.